The molecule has 1 aromatic carbocycles. The molecule has 4 nitrogen and oxygen atoms in total. The molecule has 0 spiro atoms. The Bertz CT molecular complexity index is 809. The minimum Gasteiger partial charge on any atom is -0.472 e. The summed E-state index contributed by atoms with van der Waals surface area (Å²) in [5.41, 5.74) is -0.401. The number of nitrogens with zero attached hydrogens (tertiary/aromatic N) is 1. The standard InChI is InChI=1S/C18H15F3N2O2S/c19-18(20,21)15-5-1-2-6-16(15)22-17(24)23(10-13-7-8-25-12-13)11-14-4-3-9-26-14/h1-9,12H,10-11H2,(H,22,24). The quantitative estimate of drug-likeness (QED) is 0.627. The van der Waals surface area contributed by atoms with Crippen molar-refractivity contribution < 1.29 is 22.4 Å². The molecule has 3 rings (SSSR count). The molecule has 2 amide bonds. The van der Waals surface area contributed by atoms with E-state index in [9.17, 15) is 18.0 Å². The Labute approximate surface area is 151 Å². The summed E-state index contributed by atoms with van der Waals surface area (Å²) >= 11 is 1.47. The second-order valence-corrected chi connectivity index (χ2v) is 6.57. The second kappa shape index (κ2) is 7.65. The smallest absolute Gasteiger partial charge is 0.418 e. The largest absolute Gasteiger partial charge is 0.472 e. The molecule has 0 unspecified atom stereocenters. The number of hydrogen-bond donors (Lipinski definition) is 1. The topological polar surface area (TPSA) is 45.5 Å². The van der Waals surface area contributed by atoms with Crippen LogP contribution in [-0.2, 0) is 19.3 Å². The van der Waals surface area contributed by atoms with Gasteiger partial charge in [-0.1, -0.05) is 18.2 Å². The van der Waals surface area contributed by atoms with E-state index < -0.39 is 17.8 Å². The molecule has 26 heavy (non-hydrogen) atoms. The number of amides is 2. The molecule has 2 heterocycles. The molecule has 0 aliphatic carbocycles. The molecule has 0 fully saturated rings. The maximum absolute atomic E-state index is 13.1. The van der Waals surface area contributed by atoms with Gasteiger partial charge in [-0.25, -0.2) is 4.79 Å². The Balaban J connectivity index is 1.81. The second-order valence-electron chi connectivity index (χ2n) is 5.54. The number of anilines is 1. The van der Waals surface area contributed by atoms with Crippen molar-refractivity contribution in [1.29, 1.82) is 0 Å². The van der Waals surface area contributed by atoms with Crippen LogP contribution < -0.4 is 5.32 Å². The lowest BCUT2D eigenvalue weighted by molar-refractivity contribution is -0.136. The first-order valence-corrected chi connectivity index (χ1v) is 8.57. The van der Waals surface area contributed by atoms with Crippen molar-refractivity contribution in [3.63, 3.8) is 0 Å². The summed E-state index contributed by atoms with van der Waals surface area (Å²) in [6, 6.07) is 9.72. The van der Waals surface area contributed by atoms with Gasteiger partial charge in [0.25, 0.3) is 0 Å². The van der Waals surface area contributed by atoms with E-state index in [0.29, 0.717) is 0 Å². The molecule has 0 bridgehead atoms. The minimum absolute atomic E-state index is 0.217. The number of thiophene rings is 1. The number of carbonyl (C=O) groups is 1. The summed E-state index contributed by atoms with van der Waals surface area (Å²) in [5.74, 6) is 0. The summed E-state index contributed by atoms with van der Waals surface area (Å²) in [5, 5.41) is 4.26. The van der Waals surface area contributed by atoms with Gasteiger partial charge in [0.1, 0.15) is 0 Å². The summed E-state index contributed by atoms with van der Waals surface area (Å²) < 4.78 is 44.4. The molecule has 0 aliphatic rings. The first-order valence-electron chi connectivity index (χ1n) is 7.69. The van der Waals surface area contributed by atoms with E-state index in [4.69, 9.17) is 4.42 Å². The molecule has 0 saturated carbocycles. The predicted octanol–water partition coefficient (Wildman–Crippen LogP) is 5.59. The number of halogens is 3. The number of benzene rings is 1. The van der Waals surface area contributed by atoms with Crippen molar-refractivity contribution in [3.05, 3.63) is 76.4 Å². The zero-order valence-electron chi connectivity index (χ0n) is 13.5. The normalized spacial score (nSPS) is 11.3. The number of rotatable bonds is 5. The van der Waals surface area contributed by atoms with E-state index in [2.05, 4.69) is 5.32 Å². The van der Waals surface area contributed by atoms with E-state index in [1.54, 1.807) is 6.07 Å². The molecule has 0 radical (unpaired) electrons. The molecule has 8 heteroatoms. The third-order valence-corrected chi connectivity index (χ3v) is 4.50. The van der Waals surface area contributed by atoms with Gasteiger partial charge in [0, 0.05) is 10.4 Å². The number of hydrogen-bond acceptors (Lipinski definition) is 3. The molecule has 1 N–H and O–H groups in total. The number of carbonyl (C=O) groups excluding carboxylic acids is 1. The van der Waals surface area contributed by atoms with Crippen molar-refractivity contribution in [2.45, 2.75) is 19.3 Å². The minimum atomic E-state index is -4.55. The lowest BCUT2D eigenvalue weighted by Crippen LogP contribution is -2.34. The number of nitrogens with one attached hydrogen (secondary N) is 1. The lowest BCUT2D eigenvalue weighted by atomic mass is 10.1. The predicted molar refractivity (Wildman–Crippen MR) is 92.7 cm³/mol. The number of urea groups is 1. The van der Waals surface area contributed by atoms with Gasteiger partial charge in [0.05, 0.1) is 36.9 Å². The summed E-state index contributed by atoms with van der Waals surface area (Å²) in [7, 11) is 0. The third kappa shape index (κ3) is 4.45. The van der Waals surface area contributed by atoms with E-state index in [1.807, 2.05) is 17.5 Å². The van der Waals surface area contributed by atoms with Crippen LogP contribution in [0.25, 0.3) is 0 Å². The van der Waals surface area contributed by atoms with Gasteiger partial charge < -0.3 is 14.6 Å². The van der Waals surface area contributed by atoms with Crippen LogP contribution >= 0.6 is 11.3 Å². The molecule has 2 aromatic heterocycles. The van der Waals surface area contributed by atoms with E-state index in [0.717, 1.165) is 16.5 Å². The molecule has 3 aromatic rings. The van der Waals surface area contributed by atoms with Crippen LogP contribution in [0.2, 0.25) is 0 Å². The van der Waals surface area contributed by atoms with Crippen molar-refractivity contribution in [1.82, 2.24) is 4.90 Å². The van der Waals surface area contributed by atoms with Gasteiger partial charge in [0.15, 0.2) is 0 Å². The maximum atomic E-state index is 13.1. The fraction of sp³-hybridized carbons (Fsp3) is 0.167. The van der Waals surface area contributed by atoms with Crippen LogP contribution in [0.5, 0.6) is 0 Å². The highest BCUT2D eigenvalue weighted by Crippen LogP contribution is 2.34. The Morgan fingerprint density at radius 3 is 2.58 bits per heavy atom. The van der Waals surface area contributed by atoms with Crippen LogP contribution in [0.1, 0.15) is 16.0 Å². The van der Waals surface area contributed by atoms with Gasteiger partial charge in [-0.3, -0.25) is 0 Å². The number of furan rings is 1. The van der Waals surface area contributed by atoms with Crippen molar-refractivity contribution in [3.8, 4) is 0 Å². The van der Waals surface area contributed by atoms with Crippen molar-refractivity contribution >= 4 is 23.1 Å². The Hall–Kier alpha value is -2.74. The zero-order valence-corrected chi connectivity index (χ0v) is 14.3. The van der Waals surface area contributed by atoms with Gasteiger partial charge in [0.2, 0.25) is 0 Å². The average Bonchev–Trinajstić information content (AvgIpc) is 3.27. The molecule has 0 saturated heterocycles. The molecular weight excluding hydrogens is 365 g/mol. The molecule has 0 aliphatic heterocycles. The van der Waals surface area contributed by atoms with Crippen LogP contribution in [0, 0.1) is 0 Å². The number of alkyl halides is 3. The first kappa shape index (κ1) is 18.1. The highest BCUT2D eigenvalue weighted by Gasteiger charge is 2.34. The van der Waals surface area contributed by atoms with Crippen LogP contribution in [0.15, 0.2) is 64.8 Å². The highest BCUT2D eigenvalue weighted by molar-refractivity contribution is 7.09. The van der Waals surface area contributed by atoms with Crippen LogP contribution in [0.3, 0.4) is 0 Å². The van der Waals surface area contributed by atoms with Crippen LogP contribution in [-0.4, -0.2) is 10.9 Å². The summed E-state index contributed by atoms with van der Waals surface area (Å²) in [6.45, 7) is 0.497. The fourth-order valence-corrected chi connectivity index (χ4v) is 3.15. The Morgan fingerprint density at radius 2 is 1.92 bits per heavy atom. The van der Waals surface area contributed by atoms with E-state index in [1.165, 1.54) is 47.0 Å². The van der Waals surface area contributed by atoms with Gasteiger partial charge in [-0.2, -0.15) is 13.2 Å². The van der Waals surface area contributed by atoms with Crippen LogP contribution in [0.4, 0.5) is 23.7 Å². The summed E-state index contributed by atoms with van der Waals surface area (Å²) in [4.78, 5) is 15.0. The SMILES string of the molecule is O=C(Nc1ccccc1C(F)(F)F)N(Cc1ccoc1)Cc1cccs1. The van der Waals surface area contributed by atoms with E-state index >= 15 is 0 Å². The van der Waals surface area contributed by atoms with Gasteiger partial charge in [-0.15, -0.1) is 11.3 Å². The van der Waals surface area contributed by atoms with Gasteiger partial charge in [-0.05, 0) is 29.6 Å². The zero-order chi connectivity index (χ0) is 18.6. The molecular formula is C18H15F3N2O2S. The summed E-state index contributed by atoms with van der Waals surface area (Å²) in [6.07, 6.45) is -1.57. The Morgan fingerprint density at radius 1 is 1.12 bits per heavy atom. The van der Waals surface area contributed by atoms with Gasteiger partial charge >= 0.3 is 12.2 Å². The lowest BCUT2D eigenvalue weighted by Gasteiger charge is -2.23. The van der Waals surface area contributed by atoms with E-state index in [-0.39, 0.29) is 18.8 Å². The average molecular weight is 380 g/mol. The van der Waals surface area contributed by atoms with Crippen molar-refractivity contribution in [2.75, 3.05) is 5.32 Å². The first-order chi connectivity index (χ1) is 12.4. The van der Waals surface area contributed by atoms with Crippen molar-refractivity contribution in [2.24, 2.45) is 0 Å². The maximum Gasteiger partial charge on any atom is 0.418 e. The highest BCUT2D eigenvalue weighted by atomic mass is 32.1. The molecule has 0 atom stereocenters. The number of para-hydroxylation sites is 1. The fourth-order valence-electron chi connectivity index (χ4n) is 2.43. The molecule has 136 valence electrons. The Kier molecular flexibility index (Phi) is 5.32. The monoisotopic (exact) mass is 380 g/mol. The third-order valence-electron chi connectivity index (χ3n) is 3.64.